The summed E-state index contributed by atoms with van der Waals surface area (Å²) in [6, 6.07) is 22.5. The molecule has 0 aliphatic heterocycles. The van der Waals surface area contributed by atoms with Crippen molar-refractivity contribution >= 4 is 26.7 Å². The molecule has 0 spiro atoms. The van der Waals surface area contributed by atoms with Gasteiger partial charge >= 0.3 is 0 Å². The number of carbonyl (C=O) groups is 1. The number of H-pyrrole nitrogens is 1. The molecule has 0 atom stereocenters. The highest BCUT2D eigenvalue weighted by Crippen LogP contribution is 2.23. The summed E-state index contributed by atoms with van der Waals surface area (Å²) < 4.78 is 28.4. The fourth-order valence-corrected chi connectivity index (χ4v) is 5.17. The van der Waals surface area contributed by atoms with E-state index < -0.39 is 10.0 Å². The standard InChI is InChI=1S/C26H24N2O4S/c1-18-7-6-10-22-15-23(26(30)27-25(18)22)17-28(16-20-8-4-3-5-9-20)33(31,32)24-13-11-21(12-14-24)19(2)29/h3-15H,16-17H2,1-2H3,(H,27,30). The topological polar surface area (TPSA) is 87.3 Å². The third-order valence-electron chi connectivity index (χ3n) is 5.61. The Morgan fingerprint density at radius 3 is 2.27 bits per heavy atom. The van der Waals surface area contributed by atoms with E-state index in [1.165, 1.54) is 35.5 Å². The molecule has 0 aliphatic carbocycles. The van der Waals surface area contributed by atoms with E-state index >= 15 is 0 Å². The van der Waals surface area contributed by atoms with Crippen molar-refractivity contribution in [2.75, 3.05) is 0 Å². The average Bonchev–Trinajstić information content (AvgIpc) is 2.80. The Kier molecular flexibility index (Phi) is 6.26. The van der Waals surface area contributed by atoms with E-state index in [9.17, 15) is 18.0 Å². The van der Waals surface area contributed by atoms with E-state index in [0.717, 1.165) is 22.0 Å². The summed E-state index contributed by atoms with van der Waals surface area (Å²) in [6.45, 7) is 3.35. The van der Waals surface area contributed by atoms with Crippen molar-refractivity contribution in [2.45, 2.75) is 31.8 Å². The fraction of sp³-hybridized carbons (Fsp3) is 0.154. The van der Waals surface area contributed by atoms with Gasteiger partial charge in [0.15, 0.2) is 5.78 Å². The summed E-state index contributed by atoms with van der Waals surface area (Å²) in [6.07, 6.45) is 0. The van der Waals surface area contributed by atoms with Crippen LogP contribution in [0.25, 0.3) is 10.9 Å². The monoisotopic (exact) mass is 460 g/mol. The lowest BCUT2D eigenvalue weighted by Crippen LogP contribution is -2.32. The Morgan fingerprint density at radius 1 is 0.909 bits per heavy atom. The van der Waals surface area contributed by atoms with Crippen LogP contribution in [0.4, 0.5) is 0 Å². The highest BCUT2D eigenvalue weighted by Gasteiger charge is 2.26. The Hall–Kier alpha value is -3.55. The average molecular weight is 461 g/mol. The number of nitrogens with zero attached hydrogens (tertiary/aromatic N) is 1. The van der Waals surface area contributed by atoms with Crippen molar-refractivity contribution in [3.63, 3.8) is 0 Å². The minimum Gasteiger partial charge on any atom is -0.321 e. The SMILES string of the molecule is CC(=O)c1ccc(S(=O)(=O)N(Cc2ccccc2)Cc2cc3cccc(C)c3[nH]c2=O)cc1. The van der Waals surface area contributed by atoms with Crippen LogP contribution in [0, 0.1) is 6.92 Å². The molecule has 1 aromatic heterocycles. The molecule has 0 unspecified atom stereocenters. The Labute approximate surface area is 192 Å². The van der Waals surface area contributed by atoms with Crippen LogP contribution >= 0.6 is 0 Å². The van der Waals surface area contributed by atoms with Gasteiger partial charge in [-0.1, -0.05) is 60.7 Å². The minimum atomic E-state index is -3.95. The minimum absolute atomic E-state index is 0.0662. The zero-order valence-electron chi connectivity index (χ0n) is 18.4. The van der Waals surface area contributed by atoms with Gasteiger partial charge in [0.2, 0.25) is 10.0 Å². The third kappa shape index (κ3) is 4.79. The van der Waals surface area contributed by atoms with E-state index in [1.54, 1.807) is 6.07 Å². The van der Waals surface area contributed by atoms with Crippen LogP contribution in [-0.4, -0.2) is 23.5 Å². The fourth-order valence-electron chi connectivity index (χ4n) is 3.76. The maximum Gasteiger partial charge on any atom is 0.252 e. The lowest BCUT2D eigenvalue weighted by Gasteiger charge is -2.22. The van der Waals surface area contributed by atoms with Crippen LogP contribution in [0.2, 0.25) is 0 Å². The molecule has 4 aromatic rings. The lowest BCUT2D eigenvalue weighted by molar-refractivity contribution is 0.101. The summed E-state index contributed by atoms with van der Waals surface area (Å²) >= 11 is 0. The second-order valence-electron chi connectivity index (χ2n) is 8.00. The summed E-state index contributed by atoms with van der Waals surface area (Å²) in [5.41, 5.74) is 2.95. The van der Waals surface area contributed by atoms with E-state index in [0.29, 0.717) is 11.1 Å². The van der Waals surface area contributed by atoms with Gasteiger partial charge in [-0.2, -0.15) is 4.31 Å². The number of para-hydroxylation sites is 1. The molecule has 0 aliphatic rings. The summed E-state index contributed by atoms with van der Waals surface area (Å²) in [7, 11) is -3.95. The first-order valence-corrected chi connectivity index (χ1v) is 12.0. The lowest BCUT2D eigenvalue weighted by atomic mass is 10.1. The Bertz CT molecular complexity index is 1470. The zero-order chi connectivity index (χ0) is 23.6. The smallest absolute Gasteiger partial charge is 0.252 e. The summed E-state index contributed by atoms with van der Waals surface area (Å²) in [5.74, 6) is -0.141. The molecule has 0 saturated carbocycles. The molecule has 0 saturated heterocycles. The zero-order valence-corrected chi connectivity index (χ0v) is 19.2. The van der Waals surface area contributed by atoms with Gasteiger partial charge in [-0.15, -0.1) is 0 Å². The third-order valence-corrected chi connectivity index (χ3v) is 7.42. The van der Waals surface area contributed by atoms with Gasteiger partial charge < -0.3 is 4.98 Å². The van der Waals surface area contributed by atoms with Crippen LogP contribution in [0.5, 0.6) is 0 Å². The first-order chi connectivity index (χ1) is 15.8. The largest absolute Gasteiger partial charge is 0.321 e. The number of sulfonamides is 1. The molecule has 3 aromatic carbocycles. The van der Waals surface area contributed by atoms with Crippen LogP contribution in [0.1, 0.15) is 34.0 Å². The van der Waals surface area contributed by atoms with Gasteiger partial charge in [-0.3, -0.25) is 9.59 Å². The number of Topliss-reactive ketones (excluding diaryl/α,β-unsaturated/α-hetero) is 1. The van der Waals surface area contributed by atoms with Gasteiger partial charge in [-0.25, -0.2) is 8.42 Å². The number of aromatic amines is 1. The predicted octanol–water partition coefficient (Wildman–Crippen LogP) is 4.43. The van der Waals surface area contributed by atoms with Crippen molar-refractivity contribution in [1.29, 1.82) is 0 Å². The molecule has 7 heteroatoms. The number of hydrogen-bond donors (Lipinski definition) is 1. The van der Waals surface area contributed by atoms with Crippen LogP contribution in [-0.2, 0) is 23.1 Å². The van der Waals surface area contributed by atoms with Gasteiger partial charge in [-0.05, 0) is 48.6 Å². The Morgan fingerprint density at radius 2 is 1.61 bits per heavy atom. The normalized spacial score (nSPS) is 11.7. The number of ketones is 1. The second kappa shape index (κ2) is 9.13. The molecule has 0 radical (unpaired) electrons. The molecule has 6 nitrogen and oxygen atoms in total. The van der Waals surface area contributed by atoms with Crippen molar-refractivity contribution in [1.82, 2.24) is 9.29 Å². The van der Waals surface area contributed by atoms with Crippen molar-refractivity contribution in [3.05, 3.63) is 111 Å². The molecule has 1 heterocycles. The van der Waals surface area contributed by atoms with E-state index in [4.69, 9.17) is 0 Å². The highest BCUT2D eigenvalue weighted by molar-refractivity contribution is 7.89. The number of aromatic nitrogens is 1. The molecule has 0 amide bonds. The predicted molar refractivity (Wildman–Crippen MR) is 129 cm³/mol. The Balaban J connectivity index is 1.77. The molecular weight excluding hydrogens is 436 g/mol. The number of fused-ring (bicyclic) bond motifs is 1. The number of aryl methyl sites for hydroxylation is 1. The number of benzene rings is 3. The van der Waals surface area contributed by atoms with Crippen molar-refractivity contribution in [2.24, 2.45) is 0 Å². The first-order valence-electron chi connectivity index (χ1n) is 10.5. The molecule has 4 rings (SSSR count). The molecule has 0 bridgehead atoms. The summed E-state index contributed by atoms with van der Waals surface area (Å²) in [5, 5.41) is 0.840. The number of hydrogen-bond acceptors (Lipinski definition) is 4. The maximum absolute atomic E-state index is 13.6. The number of nitrogens with one attached hydrogen (secondary N) is 1. The van der Waals surface area contributed by atoms with Crippen molar-refractivity contribution < 1.29 is 13.2 Å². The van der Waals surface area contributed by atoms with E-state index in [-0.39, 0.29) is 29.3 Å². The molecule has 168 valence electrons. The quantitative estimate of drug-likeness (QED) is 0.413. The molecule has 1 N–H and O–H groups in total. The molecule has 33 heavy (non-hydrogen) atoms. The second-order valence-corrected chi connectivity index (χ2v) is 9.94. The van der Waals surface area contributed by atoms with Gasteiger partial charge in [0, 0.05) is 24.2 Å². The number of pyridine rings is 1. The van der Waals surface area contributed by atoms with E-state index in [1.807, 2.05) is 55.5 Å². The first kappa shape index (κ1) is 22.6. The number of rotatable bonds is 7. The van der Waals surface area contributed by atoms with Crippen molar-refractivity contribution in [3.8, 4) is 0 Å². The maximum atomic E-state index is 13.6. The summed E-state index contributed by atoms with van der Waals surface area (Å²) in [4.78, 5) is 27.4. The highest BCUT2D eigenvalue weighted by atomic mass is 32.2. The van der Waals surface area contributed by atoms with Crippen LogP contribution in [0.15, 0.2) is 88.6 Å². The molecular formula is C26H24N2O4S. The number of carbonyl (C=O) groups excluding carboxylic acids is 1. The van der Waals surface area contributed by atoms with Gasteiger partial charge in [0.1, 0.15) is 0 Å². The van der Waals surface area contributed by atoms with Gasteiger partial charge in [0.25, 0.3) is 5.56 Å². The van der Waals surface area contributed by atoms with Gasteiger partial charge in [0.05, 0.1) is 10.4 Å². The van der Waals surface area contributed by atoms with E-state index in [2.05, 4.69) is 4.98 Å². The molecule has 0 fully saturated rings. The van der Waals surface area contributed by atoms with Crippen LogP contribution < -0.4 is 5.56 Å². The van der Waals surface area contributed by atoms with Crippen LogP contribution in [0.3, 0.4) is 0 Å².